The quantitative estimate of drug-likeness (QED) is 0.631. The van der Waals surface area contributed by atoms with Crippen molar-refractivity contribution in [1.29, 1.82) is 0 Å². The summed E-state index contributed by atoms with van der Waals surface area (Å²) in [6.45, 7) is -0.232. The molecule has 0 aliphatic heterocycles. The highest BCUT2D eigenvalue weighted by Gasteiger charge is 2.14. The Morgan fingerprint density at radius 1 is 1.39 bits per heavy atom. The number of pyridine rings is 1. The number of methoxy groups -OCH3 is 1. The number of carbonyl (C=O) groups is 1. The van der Waals surface area contributed by atoms with E-state index in [1.807, 2.05) is 0 Å². The second kappa shape index (κ2) is 7.05. The molecule has 8 nitrogen and oxygen atoms in total. The van der Waals surface area contributed by atoms with Crippen molar-refractivity contribution in [1.82, 2.24) is 4.57 Å². The maximum atomic E-state index is 12.1. The first-order valence-electron chi connectivity index (χ1n) is 6.39. The third-order valence-electron chi connectivity index (χ3n) is 2.93. The summed E-state index contributed by atoms with van der Waals surface area (Å²) in [7, 11) is 1.38. The molecule has 0 aliphatic carbocycles. The van der Waals surface area contributed by atoms with Crippen LogP contribution in [0.2, 0.25) is 0 Å². The van der Waals surface area contributed by atoms with Crippen molar-refractivity contribution in [2.24, 2.45) is 0 Å². The molecule has 2 aromatic rings. The number of carbonyl (C=O) groups excluding carboxylic acids is 1. The van der Waals surface area contributed by atoms with E-state index in [1.54, 1.807) is 6.07 Å². The highest BCUT2D eigenvalue weighted by atomic mass is 79.9. The Balaban J connectivity index is 2.22. The second-order valence-electron chi connectivity index (χ2n) is 4.50. The molecule has 9 heteroatoms. The number of nitro benzene ring substituents is 1. The highest BCUT2D eigenvalue weighted by Crippen LogP contribution is 2.28. The molecule has 0 saturated heterocycles. The van der Waals surface area contributed by atoms with E-state index in [0.29, 0.717) is 4.47 Å². The first-order valence-corrected chi connectivity index (χ1v) is 7.18. The van der Waals surface area contributed by atoms with Gasteiger partial charge in [0.2, 0.25) is 5.91 Å². The van der Waals surface area contributed by atoms with Crippen LogP contribution in [-0.4, -0.2) is 22.5 Å². The average Bonchev–Trinajstić information content (AvgIpc) is 2.50. The van der Waals surface area contributed by atoms with E-state index in [0.717, 1.165) is 0 Å². The number of ether oxygens (including phenoxy) is 1. The molecule has 0 aliphatic rings. The lowest BCUT2D eigenvalue weighted by molar-refractivity contribution is -0.384. The van der Waals surface area contributed by atoms with Crippen molar-refractivity contribution < 1.29 is 14.5 Å². The lowest BCUT2D eigenvalue weighted by Gasteiger charge is -2.11. The first kappa shape index (κ1) is 16.7. The predicted molar refractivity (Wildman–Crippen MR) is 86.7 cm³/mol. The molecule has 0 spiro atoms. The molecule has 1 N–H and O–H groups in total. The van der Waals surface area contributed by atoms with Gasteiger partial charge in [-0.3, -0.25) is 19.7 Å². The summed E-state index contributed by atoms with van der Waals surface area (Å²) in [6.07, 6.45) is 1.48. The van der Waals surface area contributed by atoms with Gasteiger partial charge >= 0.3 is 0 Å². The molecule has 2 rings (SSSR count). The van der Waals surface area contributed by atoms with Crippen LogP contribution in [0.15, 0.2) is 45.8 Å². The van der Waals surface area contributed by atoms with Gasteiger partial charge in [0.1, 0.15) is 12.3 Å². The number of nitrogens with one attached hydrogen (secondary N) is 1. The van der Waals surface area contributed by atoms with Crippen molar-refractivity contribution >= 4 is 33.2 Å². The number of benzene rings is 1. The van der Waals surface area contributed by atoms with Gasteiger partial charge in [0, 0.05) is 28.9 Å². The molecule has 0 fully saturated rings. The van der Waals surface area contributed by atoms with Crippen molar-refractivity contribution in [3.63, 3.8) is 0 Å². The number of nitrogens with zero attached hydrogens (tertiary/aromatic N) is 2. The summed E-state index contributed by atoms with van der Waals surface area (Å²) in [5, 5.41) is 13.3. The van der Waals surface area contributed by atoms with Crippen molar-refractivity contribution in [2.45, 2.75) is 6.54 Å². The molecular formula is C14H12BrN3O5. The Bertz CT molecular complexity index is 818. The summed E-state index contributed by atoms with van der Waals surface area (Å²) >= 11 is 3.21. The molecule has 0 atom stereocenters. The number of amides is 1. The minimum atomic E-state index is -0.575. The first-order chi connectivity index (χ1) is 10.9. The van der Waals surface area contributed by atoms with Crippen molar-refractivity contribution in [3.05, 3.63) is 61.5 Å². The SMILES string of the molecule is COc1ccc([N+](=O)[O-])cc1NC(=O)Cn1cc(Br)ccc1=O. The number of hydrogen-bond acceptors (Lipinski definition) is 5. The number of halogens is 1. The van der Waals surface area contributed by atoms with Gasteiger partial charge in [-0.1, -0.05) is 0 Å². The Hall–Kier alpha value is -2.68. The fourth-order valence-electron chi connectivity index (χ4n) is 1.88. The minimum absolute atomic E-state index is 0.162. The third kappa shape index (κ3) is 4.16. The van der Waals surface area contributed by atoms with E-state index in [2.05, 4.69) is 21.2 Å². The van der Waals surface area contributed by atoms with Crippen LogP contribution in [0, 0.1) is 10.1 Å². The molecular weight excluding hydrogens is 370 g/mol. The summed E-state index contributed by atoms with van der Waals surface area (Å²) in [5.74, 6) is -0.227. The zero-order chi connectivity index (χ0) is 17.0. The van der Waals surface area contributed by atoms with E-state index < -0.39 is 10.8 Å². The molecule has 1 heterocycles. The Labute approximate surface area is 139 Å². The van der Waals surface area contributed by atoms with Gasteiger partial charge < -0.3 is 14.6 Å². The summed E-state index contributed by atoms with van der Waals surface area (Å²) in [4.78, 5) is 34.0. The van der Waals surface area contributed by atoms with Gasteiger partial charge in [0.25, 0.3) is 11.2 Å². The predicted octanol–water partition coefficient (Wildman–Crippen LogP) is 2.17. The molecule has 23 heavy (non-hydrogen) atoms. The number of rotatable bonds is 5. The van der Waals surface area contributed by atoms with Crippen LogP contribution in [0.3, 0.4) is 0 Å². The van der Waals surface area contributed by atoms with Crippen molar-refractivity contribution in [2.75, 3.05) is 12.4 Å². The van der Waals surface area contributed by atoms with Gasteiger partial charge in [0.05, 0.1) is 17.7 Å². The summed E-state index contributed by atoms with van der Waals surface area (Å²) < 4.78 is 6.92. The number of nitro groups is 1. The number of aromatic nitrogens is 1. The van der Waals surface area contributed by atoms with Gasteiger partial charge in [-0.15, -0.1) is 0 Å². The zero-order valence-corrected chi connectivity index (χ0v) is 13.6. The largest absolute Gasteiger partial charge is 0.495 e. The molecule has 0 saturated carbocycles. The molecule has 120 valence electrons. The lowest BCUT2D eigenvalue weighted by Crippen LogP contribution is -2.26. The number of anilines is 1. The minimum Gasteiger partial charge on any atom is -0.495 e. The molecule has 1 aromatic heterocycles. The molecule has 1 aromatic carbocycles. The maximum Gasteiger partial charge on any atom is 0.271 e. The van der Waals surface area contributed by atoms with Crippen LogP contribution < -0.4 is 15.6 Å². The smallest absolute Gasteiger partial charge is 0.271 e. The lowest BCUT2D eigenvalue weighted by atomic mass is 10.2. The summed E-state index contributed by atoms with van der Waals surface area (Å²) in [6, 6.07) is 6.75. The van der Waals surface area contributed by atoms with Crippen LogP contribution in [-0.2, 0) is 11.3 Å². The molecule has 0 unspecified atom stereocenters. The average molecular weight is 382 g/mol. The van der Waals surface area contributed by atoms with Crippen LogP contribution in [0.25, 0.3) is 0 Å². The van der Waals surface area contributed by atoms with E-state index >= 15 is 0 Å². The number of hydrogen-bond donors (Lipinski definition) is 1. The number of non-ortho nitro benzene ring substituents is 1. The fraction of sp³-hybridized carbons (Fsp3) is 0.143. The Morgan fingerprint density at radius 2 is 2.13 bits per heavy atom. The molecule has 0 radical (unpaired) electrons. The van der Waals surface area contributed by atoms with Gasteiger partial charge in [0.15, 0.2) is 0 Å². The normalized spacial score (nSPS) is 10.2. The summed E-state index contributed by atoms with van der Waals surface area (Å²) in [5.41, 5.74) is -0.357. The van der Waals surface area contributed by atoms with Gasteiger partial charge in [-0.2, -0.15) is 0 Å². The Kier molecular flexibility index (Phi) is 5.12. The monoisotopic (exact) mass is 381 g/mol. The Morgan fingerprint density at radius 3 is 2.78 bits per heavy atom. The van der Waals surface area contributed by atoms with Crippen LogP contribution in [0.4, 0.5) is 11.4 Å². The maximum absolute atomic E-state index is 12.1. The van der Waals surface area contributed by atoms with E-state index in [4.69, 9.17) is 4.74 Å². The molecule has 0 bridgehead atoms. The molecule has 1 amide bonds. The zero-order valence-electron chi connectivity index (χ0n) is 12.0. The third-order valence-corrected chi connectivity index (χ3v) is 3.40. The van der Waals surface area contributed by atoms with Crippen LogP contribution in [0.5, 0.6) is 5.75 Å². The second-order valence-corrected chi connectivity index (χ2v) is 5.42. The van der Waals surface area contributed by atoms with Crippen LogP contribution >= 0.6 is 15.9 Å². The standard InChI is InChI=1S/C14H12BrN3O5/c1-23-12-4-3-10(18(21)22)6-11(12)16-13(19)8-17-7-9(15)2-5-14(17)20/h2-7H,8H2,1H3,(H,16,19). The van der Waals surface area contributed by atoms with Gasteiger partial charge in [-0.25, -0.2) is 0 Å². The topological polar surface area (TPSA) is 103 Å². The van der Waals surface area contributed by atoms with E-state index in [1.165, 1.54) is 42.1 Å². The van der Waals surface area contributed by atoms with Gasteiger partial charge in [-0.05, 0) is 28.1 Å². The van der Waals surface area contributed by atoms with E-state index in [-0.39, 0.29) is 29.2 Å². The van der Waals surface area contributed by atoms with Crippen molar-refractivity contribution in [3.8, 4) is 5.75 Å². The van der Waals surface area contributed by atoms with Crippen LogP contribution in [0.1, 0.15) is 0 Å². The van der Waals surface area contributed by atoms with E-state index in [9.17, 15) is 19.7 Å². The highest BCUT2D eigenvalue weighted by molar-refractivity contribution is 9.10. The fourth-order valence-corrected chi connectivity index (χ4v) is 2.26.